The number of carbonyl (C=O) groups is 4. The van der Waals surface area contributed by atoms with Crippen molar-refractivity contribution >= 4 is 58.3 Å². The Morgan fingerprint density at radius 3 is 1.54 bits per heavy atom. The Labute approximate surface area is 399 Å². The number of hydrazone groups is 2. The molecule has 0 aliphatic carbocycles. The SMILES string of the molecule is CC(=O)O.C[C@@H]1C(=O)NN=C2COc3cc(-c4c(F)cccc4N4CCCCC4)ccc3N21.C[C@@H]1C(=O)NN=C2COc3cc(-c4c(F)cccc4N4CCN(C(=O)OC(C)(C)C)CC4)ccc3N21. The van der Waals surface area contributed by atoms with Gasteiger partial charge in [-0.3, -0.25) is 14.4 Å². The molecule has 364 valence electrons. The van der Waals surface area contributed by atoms with Crippen molar-refractivity contribution in [2.75, 3.05) is 72.1 Å². The van der Waals surface area contributed by atoms with Crippen LogP contribution in [-0.2, 0) is 19.1 Å². The lowest BCUT2D eigenvalue weighted by atomic mass is 9.99. The molecule has 69 heavy (non-hydrogen) atoms. The quantitative estimate of drug-likeness (QED) is 0.188. The van der Waals surface area contributed by atoms with Crippen LogP contribution >= 0.6 is 0 Å². The summed E-state index contributed by atoms with van der Waals surface area (Å²) in [4.78, 5) is 55.4. The van der Waals surface area contributed by atoms with E-state index in [4.69, 9.17) is 24.1 Å². The van der Waals surface area contributed by atoms with Gasteiger partial charge >= 0.3 is 6.09 Å². The standard InChI is InChI=1S/C26H30FN5O4.C22H23FN4O2.C2H4O2/c1-16-24(33)29-28-22-15-35-21-14-17(8-9-19(21)32(16)22)23-18(27)6-5-7-20(23)30-10-12-31(13-11-30)25(34)36-26(2,3)4;1-14-22(28)25-24-20-13-29-19-12-15(8-9-17(19)27(14)20)21-16(23)6-5-7-18(21)26-10-3-2-4-11-26;1-2(3)4/h5-9,14,16H,10-13,15H2,1-4H3,(H,29,33);5-9,12,14H,2-4,10-11,13H2,1H3,(H,25,28);1H3,(H,3,4)/t16-;14-;/m11./s1. The van der Waals surface area contributed by atoms with Crippen LogP contribution in [0, 0.1) is 11.6 Å². The number of piperazine rings is 1. The van der Waals surface area contributed by atoms with Crippen molar-refractivity contribution in [2.24, 2.45) is 10.2 Å². The number of anilines is 4. The van der Waals surface area contributed by atoms with E-state index in [1.54, 1.807) is 24.0 Å². The van der Waals surface area contributed by atoms with E-state index in [2.05, 4.69) is 30.9 Å². The second-order valence-corrected chi connectivity index (χ2v) is 18.3. The number of aliphatic carboxylic acids is 1. The monoisotopic (exact) mass is 949 g/mol. The van der Waals surface area contributed by atoms with Gasteiger partial charge in [0.05, 0.1) is 11.4 Å². The van der Waals surface area contributed by atoms with E-state index in [1.807, 2.05) is 86.0 Å². The van der Waals surface area contributed by atoms with Gasteiger partial charge in [-0.15, -0.1) is 0 Å². The van der Waals surface area contributed by atoms with Crippen molar-refractivity contribution in [2.45, 2.75) is 78.5 Å². The third-order valence-corrected chi connectivity index (χ3v) is 12.4. The van der Waals surface area contributed by atoms with Gasteiger partial charge in [-0.05, 0) is 114 Å². The summed E-state index contributed by atoms with van der Waals surface area (Å²) in [5, 5.41) is 15.6. The van der Waals surface area contributed by atoms with Gasteiger partial charge in [0, 0.05) is 68.7 Å². The number of benzene rings is 4. The lowest BCUT2D eigenvalue weighted by molar-refractivity contribution is -0.134. The van der Waals surface area contributed by atoms with E-state index < -0.39 is 17.6 Å². The number of nitrogens with one attached hydrogen (secondary N) is 2. The normalized spacial score (nSPS) is 19.4. The van der Waals surface area contributed by atoms with E-state index in [0.29, 0.717) is 66.0 Å². The number of carboxylic acid groups (broad SMARTS) is 1. The van der Waals surface area contributed by atoms with Crippen molar-refractivity contribution in [1.29, 1.82) is 0 Å². The van der Waals surface area contributed by atoms with Crippen LogP contribution in [0.2, 0.25) is 0 Å². The number of piperidine rings is 1. The Balaban J connectivity index is 0.000000176. The molecule has 4 aromatic carbocycles. The number of carbonyl (C=O) groups excluding carboxylic acids is 3. The highest BCUT2D eigenvalue weighted by Crippen LogP contribution is 2.43. The highest BCUT2D eigenvalue weighted by Gasteiger charge is 2.37. The summed E-state index contributed by atoms with van der Waals surface area (Å²) in [6, 6.07) is 20.6. The maximum atomic E-state index is 15.3. The summed E-state index contributed by atoms with van der Waals surface area (Å²) in [5.41, 5.74) is 10.2. The molecule has 10 rings (SSSR count). The summed E-state index contributed by atoms with van der Waals surface area (Å²) in [5.74, 6) is 0.717. The first-order chi connectivity index (χ1) is 33.0. The lowest BCUT2D eigenvalue weighted by Crippen LogP contribution is -2.55. The predicted octanol–water partition coefficient (Wildman–Crippen LogP) is 7.18. The number of ether oxygens (including phenoxy) is 3. The number of rotatable bonds is 4. The van der Waals surface area contributed by atoms with Crippen LogP contribution in [0.1, 0.15) is 60.8 Å². The van der Waals surface area contributed by atoms with Crippen LogP contribution in [0.5, 0.6) is 11.5 Å². The van der Waals surface area contributed by atoms with Crippen molar-refractivity contribution in [1.82, 2.24) is 15.8 Å². The fraction of sp³-hybridized carbons (Fsp3) is 0.400. The molecule has 6 aliphatic heterocycles. The smallest absolute Gasteiger partial charge is 0.410 e. The number of fused-ring (bicyclic) bond motifs is 6. The third kappa shape index (κ3) is 10.4. The van der Waals surface area contributed by atoms with Crippen molar-refractivity contribution < 1.29 is 47.3 Å². The minimum absolute atomic E-state index is 0.160. The molecule has 0 aromatic heterocycles. The van der Waals surface area contributed by atoms with Gasteiger partial charge in [-0.2, -0.15) is 10.2 Å². The van der Waals surface area contributed by atoms with Gasteiger partial charge in [0.15, 0.2) is 11.7 Å². The molecule has 6 heterocycles. The number of halogens is 2. The van der Waals surface area contributed by atoms with Gasteiger partial charge in [-0.25, -0.2) is 24.4 Å². The molecule has 6 aliphatic rings. The molecule has 2 saturated heterocycles. The average Bonchev–Trinajstić information content (AvgIpc) is 3.33. The van der Waals surface area contributed by atoms with Crippen LogP contribution in [-0.4, -0.2) is 116 Å². The van der Waals surface area contributed by atoms with Gasteiger partial charge in [-0.1, -0.05) is 24.3 Å². The molecule has 2 fully saturated rings. The van der Waals surface area contributed by atoms with Crippen LogP contribution in [0.3, 0.4) is 0 Å². The molecule has 17 nitrogen and oxygen atoms in total. The minimum Gasteiger partial charge on any atom is -0.483 e. The first-order valence-corrected chi connectivity index (χ1v) is 23.1. The van der Waals surface area contributed by atoms with Crippen LogP contribution in [0.4, 0.5) is 36.3 Å². The molecule has 0 unspecified atom stereocenters. The molecule has 19 heteroatoms. The van der Waals surface area contributed by atoms with Crippen molar-refractivity contribution in [3.05, 3.63) is 84.4 Å². The zero-order valence-corrected chi connectivity index (χ0v) is 39.6. The summed E-state index contributed by atoms with van der Waals surface area (Å²) in [6.45, 7) is 14.7. The predicted molar refractivity (Wildman–Crippen MR) is 259 cm³/mol. The van der Waals surface area contributed by atoms with Crippen molar-refractivity contribution in [3.8, 4) is 33.8 Å². The fourth-order valence-electron chi connectivity index (χ4n) is 9.08. The highest BCUT2D eigenvalue weighted by molar-refractivity contribution is 6.10. The number of amidine groups is 2. The van der Waals surface area contributed by atoms with E-state index in [1.165, 1.54) is 18.6 Å². The Morgan fingerprint density at radius 1 is 0.667 bits per heavy atom. The molecule has 3 amide bonds. The average molecular weight is 950 g/mol. The lowest BCUT2D eigenvalue weighted by Gasteiger charge is -2.38. The molecule has 3 N–H and O–H groups in total. The molecule has 0 spiro atoms. The first kappa shape index (κ1) is 48.0. The molecule has 2 atom stereocenters. The van der Waals surface area contributed by atoms with Gasteiger partial charge in [0.1, 0.15) is 54.0 Å². The first-order valence-electron chi connectivity index (χ1n) is 23.1. The number of hydrogen-bond donors (Lipinski definition) is 3. The number of nitrogens with zero attached hydrogens (tertiary/aromatic N) is 7. The summed E-state index contributed by atoms with van der Waals surface area (Å²) in [6.07, 6.45) is 3.14. The van der Waals surface area contributed by atoms with E-state index >= 15 is 4.39 Å². The Morgan fingerprint density at radius 2 is 1.10 bits per heavy atom. The topological polar surface area (TPSA) is 181 Å². The maximum absolute atomic E-state index is 15.3. The molecule has 0 bridgehead atoms. The van der Waals surface area contributed by atoms with Crippen LogP contribution in [0.15, 0.2) is 83.0 Å². The van der Waals surface area contributed by atoms with E-state index in [0.717, 1.165) is 61.2 Å². The molecule has 0 radical (unpaired) electrons. The zero-order chi connectivity index (χ0) is 49.1. The second-order valence-electron chi connectivity index (χ2n) is 18.3. The fourth-order valence-corrected chi connectivity index (χ4v) is 9.08. The molecule has 0 saturated carbocycles. The van der Waals surface area contributed by atoms with Gasteiger partial charge in [0.25, 0.3) is 17.8 Å². The van der Waals surface area contributed by atoms with Crippen LogP contribution in [0.25, 0.3) is 22.3 Å². The maximum Gasteiger partial charge on any atom is 0.410 e. The number of hydrogen-bond acceptors (Lipinski definition) is 13. The molecular weight excluding hydrogens is 893 g/mol. The van der Waals surface area contributed by atoms with Crippen molar-refractivity contribution in [3.63, 3.8) is 0 Å². The van der Waals surface area contributed by atoms with E-state index in [9.17, 15) is 18.8 Å². The molecule has 4 aromatic rings. The van der Waals surface area contributed by atoms with Crippen LogP contribution < -0.4 is 39.9 Å². The van der Waals surface area contributed by atoms with E-state index in [-0.39, 0.29) is 48.8 Å². The Bertz CT molecular complexity index is 2690. The summed E-state index contributed by atoms with van der Waals surface area (Å²) >= 11 is 0. The Kier molecular flexibility index (Phi) is 13.9. The zero-order valence-electron chi connectivity index (χ0n) is 39.6. The van der Waals surface area contributed by atoms with Gasteiger partial charge in [0.2, 0.25) is 0 Å². The largest absolute Gasteiger partial charge is 0.483 e. The molecular formula is C50H57F2N9O8. The van der Waals surface area contributed by atoms with Gasteiger partial charge < -0.3 is 43.8 Å². The third-order valence-electron chi connectivity index (χ3n) is 12.4. The number of amides is 3. The minimum atomic E-state index is -0.833. The number of carboxylic acids is 1. The Hall–Kier alpha value is -7.44. The second kappa shape index (κ2) is 20.0. The highest BCUT2D eigenvalue weighted by atomic mass is 19.1. The summed E-state index contributed by atoms with van der Waals surface area (Å²) in [7, 11) is 0. The summed E-state index contributed by atoms with van der Waals surface area (Å²) < 4.78 is 47.5.